The molecular weight excluding hydrogens is 386 g/mol. The zero-order valence-electron chi connectivity index (χ0n) is 15.5. The molecule has 4 rings (SSSR count). The van der Waals surface area contributed by atoms with Gasteiger partial charge in [0.2, 0.25) is 5.89 Å². The van der Waals surface area contributed by atoms with E-state index in [1.54, 1.807) is 31.4 Å². The van der Waals surface area contributed by atoms with Crippen molar-refractivity contribution in [3.63, 3.8) is 0 Å². The van der Waals surface area contributed by atoms with Crippen LogP contribution in [0.15, 0.2) is 77.2 Å². The third-order valence-corrected chi connectivity index (χ3v) is 4.45. The van der Waals surface area contributed by atoms with Crippen molar-refractivity contribution in [3.8, 4) is 17.2 Å². The zero-order chi connectivity index (χ0) is 20.2. The maximum Gasteiger partial charge on any atom is 0.257 e. The molecule has 0 aliphatic rings. The average Bonchev–Trinajstić information content (AvgIpc) is 3.18. The number of carbonyl (C=O) groups is 1. The first-order chi connectivity index (χ1) is 14.1. The van der Waals surface area contributed by atoms with Crippen LogP contribution in [0.4, 0.5) is 5.69 Å². The Morgan fingerprint density at radius 3 is 2.59 bits per heavy atom. The molecule has 3 aromatic carbocycles. The van der Waals surface area contributed by atoms with Gasteiger partial charge in [-0.05, 0) is 66.8 Å². The number of benzene rings is 3. The van der Waals surface area contributed by atoms with Crippen molar-refractivity contribution in [1.82, 2.24) is 10.3 Å². The Kier molecular flexibility index (Phi) is 5.22. The number of fused-ring (bicyclic) bond motifs is 1. The molecular formula is C22H17N3O3S. The van der Waals surface area contributed by atoms with Gasteiger partial charge in [-0.3, -0.25) is 10.1 Å². The van der Waals surface area contributed by atoms with Crippen LogP contribution in [0.25, 0.3) is 22.6 Å². The molecule has 0 radical (unpaired) electrons. The van der Waals surface area contributed by atoms with Crippen LogP contribution in [-0.4, -0.2) is 23.1 Å². The number of amides is 1. The van der Waals surface area contributed by atoms with Crippen molar-refractivity contribution in [2.75, 3.05) is 12.4 Å². The highest BCUT2D eigenvalue weighted by molar-refractivity contribution is 7.80. The third kappa shape index (κ3) is 4.25. The highest BCUT2D eigenvalue weighted by atomic mass is 32.1. The Morgan fingerprint density at radius 2 is 1.83 bits per heavy atom. The van der Waals surface area contributed by atoms with Gasteiger partial charge < -0.3 is 14.5 Å². The van der Waals surface area contributed by atoms with E-state index in [-0.39, 0.29) is 11.0 Å². The zero-order valence-corrected chi connectivity index (χ0v) is 16.3. The lowest BCUT2D eigenvalue weighted by atomic mass is 10.2. The van der Waals surface area contributed by atoms with E-state index in [1.165, 1.54) is 0 Å². The van der Waals surface area contributed by atoms with Crippen molar-refractivity contribution in [1.29, 1.82) is 0 Å². The SMILES string of the molecule is COc1cccc(C(=O)NC(=S)Nc2ccc(-c3nc4ccccc4o3)cc2)c1. The summed E-state index contributed by atoms with van der Waals surface area (Å²) in [6, 6.07) is 21.9. The summed E-state index contributed by atoms with van der Waals surface area (Å²) in [7, 11) is 1.55. The van der Waals surface area contributed by atoms with Gasteiger partial charge in [-0.25, -0.2) is 4.98 Å². The fourth-order valence-corrected chi connectivity index (χ4v) is 3.00. The fourth-order valence-electron chi connectivity index (χ4n) is 2.79. The summed E-state index contributed by atoms with van der Waals surface area (Å²) in [5.41, 5.74) is 3.59. The van der Waals surface area contributed by atoms with E-state index in [2.05, 4.69) is 15.6 Å². The number of nitrogens with one attached hydrogen (secondary N) is 2. The van der Waals surface area contributed by atoms with Crippen LogP contribution in [0.2, 0.25) is 0 Å². The maximum atomic E-state index is 12.3. The lowest BCUT2D eigenvalue weighted by molar-refractivity contribution is 0.0977. The number of anilines is 1. The molecule has 1 heterocycles. The molecule has 0 saturated heterocycles. The van der Waals surface area contributed by atoms with Gasteiger partial charge in [0.25, 0.3) is 5.91 Å². The summed E-state index contributed by atoms with van der Waals surface area (Å²) in [6.07, 6.45) is 0. The third-order valence-electron chi connectivity index (χ3n) is 4.24. The molecule has 6 nitrogen and oxygen atoms in total. The topological polar surface area (TPSA) is 76.4 Å². The van der Waals surface area contributed by atoms with Gasteiger partial charge in [-0.1, -0.05) is 18.2 Å². The molecule has 0 saturated carbocycles. The summed E-state index contributed by atoms with van der Waals surface area (Å²) in [6.45, 7) is 0. The van der Waals surface area contributed by atoms with Gasteiger partial charge >= 0.3 is 0 Å². The monoisotopic (exact) mass is 403 g/mol. The van der Waals surface area contributed by atoms with Crippen LogP contribution in [-0.2, 0) is 0 Å². The van der Waals surface area contributed by atoms with Crippen LogP contribution >= 0.6 is 12.2 Å². The van der Waals surface area contributed by atoms with E-state index in [0.29, 0.717) is 17.2 Å². The first-order valence-electron chi connectivity index (χ1n) is 8.85. The molecule has 4 aromatic rings. The van der Waals surface area contributed by atoms with Crippen LogP contribution in [0.5, 0.6) is 5.75 Å². The number of ether oxygens (including phenoxy) is 1. The Bertz CT molecular complexity index is 1150. The number of aromatic nitrogens is 1. The van der Waals surface area contributed by atoms with Gasteiger partial charge in [-0.15, -0.1) is 0 Å². The lowest BCUT2D eigenvalue weighted by Crippen LogP contribution is -2.34. The van der Waals surface area contributed by atoms with Gasteiger partial charge in [0.05, 0.1) is 7.11 Å². The summed E-state index contributed by atoms with van der Waals surface area (Å²) >= 11 is 5.24. The van der Waals surface area contributed by atoms with E-state index >= 15 is 0 Å². The van der Waals surface area contributed by atoms with Crippen LogP contribution in [0.3, 0.4) is 0 Å². The highest BCUT2D eigenvalue weighted by Crippen LogP contribution is 2.25. The number of methoxy groups -OCH3 is 1. The van der Waals surface area contributed by atoms with Gasteiger partial charge in [0, 0.05) is 16.8 Å². The lowest BCUT2D eigenvalue weighted by Gasteiger charge is -2.10. The van der Waals surface area contributed by atoms with Gasteiger partial charge in [0.15, 0.2) is 10.7 Å². The predicted octanol–water partition coefficient (Wildman–Crippen LogP) is 4.63. The Hall–Kier alpha value is -3.71. The molecule has 1 amide bonds. The fraction of sp³-hybridized carbons (Fsp3) is 0.0455. The van der Waals surface area contributed by atoms with E-state index in [9.17, 15) is 4.79 Å². The minimum atomic E-state index is -0.315. The van der Waals surface area contributed by atoms with Crippen molar-refractivity contribution >= 4 is 40.0 Å². The standard InChI is InChI=1S/C22H17N3O3S/c1-27-17-6-4-5-15(13-17)20(26)25-22(29)23-16-11-9-14(10-12-16)21-24-18-7-2-3-8-19(18)28-21/h2-13H,1H3,(H2,23,25,26,29). The number of para-hydroxylation sites is 2. The first kappa shape index (κ1) is 18.6. The average molecular weight is 403 g/mol. The Balaban J connectivity index is 1.41. The second-order valence-corrected chi connectivity index (χ2v) is 6.61. The van der Waals surface area contributed by atoms with Crippen molar-refractivity contribution < 1.29 is 13.9 Å². The molecule has 0 spiro atoms. The molecule has 0 aliphatic heterocycles. The normalized spacial score (nSPS) is 10.5. The molecule has 0 bridgehead atoms. The summed E-state index contributed by atoms with van der Waals surface area (Å²) in [5, 5.41) is 5.85. The summed E-state index contributed by atoms with van der Waals surface area (Å²) in [5.74, 6) is 0.836. The molecule has 0 atom stereocenters. The quantitative estimate of drug-likeness (QED) is 0.484. The number of nitrogens with zero attached hydrogens (tertiary/aromatic N) is 1. The van der Waals surface area contributed by atoms with E-state index < -0.39 is 0 Å². The largest absolute Gasteiger partial charge is 0.497 e. The molecule has 0 aliphatic carbocycles. The van der Waals surface area contributed by atoms with Crippen LogP contribution in [0, 0.1) is 0 Å². The number of hydrogen-bond donors (Lipinski definition) is 2. The van der Waals surface area contributed by atoms with E-state index in [0.717, 1.165) is 22.4 Å². The number of hydrogen-bond acceptors (Lipinski definition) is 5. The van der Waals surface area contributed by atoms with Crippen molar-refractivity contribution in [2.45, 2.75) is 0 Å². The Morgan fingerprint density at radius 1 is 1.03 bits per heavy atom. The number of oxazole rings is 1. The van der Waals surface area contributed by atoms with Gasteiger partial charge in [-0.2, -0.15) is 0 Å². The number of rotatable bonds is 4. The minimum absolute atomic E-state index is 0.201. The summed E-state index contributed by atoms with van der Waals surface area (Å²) < 4.78 is 10.9. The van der Waals surface area contributed by atoms with Crippen LogP contribution < -0.4 is 15.4 Å². The molecule has 0 unspecified atom stereocenters. The molecule has 29 heavy (non-hydrogen) atoms. The van der Waals surface area contributed by atoms with Crippen LogP contribution in [0.1, 0.15) is 10.4 Å². The first-order valence-corrected chi connectivity index (χ1v) is 9.25. The maximum absolute atomic E-state index is 12.3. The highest BCUT2D eigenvalue weighted by Gasteiger charge is 2.10. The molecule has 1 aromatic heterocycles. The van der Waals surface area contributed by atoms with Crippen molar-refractivity contribution in [2.24, 2.45) is 0 Å². The molecule has 7 heteroatoms. The smallest absolute Gasteiger partial charge is 0.257 e. The molecule has 144 valence electrons. The van der Waals surface area contributed by atoms with Crippen molar-refractivity contribution in [3.05, 3.63) is 78.4 Å². The van der Waals surface area contributed by atoms with E-state index in [4.69, 9.17) is 21.4 Å². The van der Waals surface area contributed by atoms with Gasteiger partial charge in [0.1, 0.15) is 11.3 Å². The number of carbonyl (C=O) groups excluding carboxylic acids is 1. The van der Waals surface area contributed by atoms with E-state index in [1.807, 2.05) is 48.5 Å². The minimum Gasteiger partial charge on any atom is -0.497 e. The summed E-state index contributed by atoms with van der Waals surface area (Å²) in [4.78, 5) is 16.8. The predicted molar refractivity (Wildman–Crippen MR) is 116 cm³/mol. The molecule has 0 fully saturated rings. The second kappa shape index (κ2) is 8.12. The number of thiocarbonyl (C=S) groups is 1. The molecule has 2 N–H and O–H groups in total. The Labute approximate surface area is 172 Å². The second-order valence-electron chi connectivity index (χ2n) is 6.20.